The lowest BCUT2D eigenvalue weighted by molar-refractivity contribution is -0.154. The number of carbonyl (C=O) groups is 2. The summed E-state index contributed by atoms with van der Waals surface area (Å²) in [4.78, 5) is 37.8. The Morgan fingerprint density at radius 3 is 2.53 bits per heavy atom. The SMILES string of the molecule is CCC(C)CC(C(=O)O)N1C(F)CCCC1n1cc(C(=O)O)c(=O)c2ccc(C)c(F)c21. The van der Waals surface area contributed by atoms with Gasteiger partial charge >= 0.3 is 11.9 Å². The highest BCUT2D eigenvalue weighted by Gasteiger charge is 2.41. The number of halogens is 2. The standard InChI is InChI=1S/C23H28F2N2O5/c1-4-12(2)10-16(23(31)32)27-17(24)6-5-7-18(27)26-11-15(22(29)30)21(28)14-9-8-13(3)19(25)20(14)26/h8-9,11-12,16-18H,4-7,10H2,1-3H3,(H,29,30)(H,31,32). The van der Waals surface area contributed by atoms with Gasteiger partial charge in [-0.25, -0.2) is 18.5 Å². The van der Waals surface area contributed by atoms with Crippen LogP contribution < -0.4 is 5.43 Å². The molecule has 0 aliphatic carbocycles. The number of benzene rings is 1. The van der Waals surface area contributed by atoms with Crippen LogP contribution in [0.15, 0.2) is 23.1 Å². The first kappa shape index (κ1) is 23.8. The number of carboxylic acid groups (broad SMARTS) is 2. The number of aliphatic carboxylic acids is 1. The summed E-state index contributed by atoms with van der Waals surface area (Å²) in [6.45, 7) is 5.30. The average molecular weight is 450 g/mol. The molecule has 1 aromatic carbocycles. The first-order chi connectivity index (χ1) is 15.1. The highest BCUT2D eigenvalue weighted by Crippen LogP contribution is 2.37. The summed E-state index contributed by atoms with van der Waals surface area (Å²) in [5, 5.41) is 19.3. The van der Waals surface area contributed by atoms with Gasteiger partial charge in [-0.1, -0.05) is 26.3 Å². The summed E-state index contributed by atoms with van der Waals surface area (Å²) >= 11 is 0. The van der Waals surface area contributed by atoms with Gasteiger partial charge in [0.25, 0.3) is 0 Å². The van der Waals surface area contributed by atoms with Crippen molar-refractivity contribution in [2.75, 3.05) is 0 Å². The molecule has 174 valence electrons. The molecule has 0 saturated carbocycles. The van der Waals surface area contributed by atoms with Gasteiger partial charge in [0, 0.05) is 11.6 Å². The third-order valence-corrected chi connectivity index (χ3v) is 6.42. The summed E-state index contributed by atoms with van der Waals surface area (Å²) in [5.74, 6) is -3.39. The maximum absolute atomic E-state index is 15.2. The number of piperidine rings is 1. The van der Waals surface area contributed by atoms with Gasteiger partial charge in [0.1, 0.15) is 11.6 Å². The van der Waals surface area contributed by atoms with E-state index < -0.39 is 47.3 Å². The van der Waals surface area contributed by atoms with E-state index in [0.717, 1.165) is 6.20 Å². The van der Waals surface area contributed by atoms with Crippen molar-refractivity contribution in [1.29, 1.82) is 0 Å². The van der Waals surface area contributed by atoms with Crippen molar-refractivity contribution < 1.29 is 28.6 Å². The van der Waals surface area contributed by atoms with Crippen LogP contribution in [-0.2, 0) is 4.79 Å². The van der Waals surface area contributed by atoms with Crippen molar-refractivity contribution >= 4 is 22.8 Å². The second kappa shape index (κ2) is 9.36. The molecular formula is C23H28F2N2O5. The number of hydrogen-bond acceptors (Lipinski definition) is 4. The van der Waals surface area contributed by atoms with Crippen LogP contribution in [-0.4, -0.2) is 44.0 Å². The number of hydrogen-bond donors (Lipinski definition) is 2. The summed E-state index contributed by atoms with van der Waals surface area (Å²) < 4.78 is 31.7. The number of carboxylic acids is 2. The van der Waals surface area contributed by atoms with Crippen LogP contribution in [0.2, 0.25) is 0 Å². The molecule has 0 bridgehead atoms. The average Bonchev–Trinajstić information content (AvgIpc) is 2.74. The molecule has 0 spiro atoms. The highest BCUT2D eigenvalue weighted by atomic mass is 19.1. The van der Waals surface area contributed by atoms with Crippen LogP contribution in [0.25, 0.3) is 10.9 Å². The van der Waals surface area contributed by atoms with Gasteiger partial charge in [-0.15, -0.1) is 0 Å². The lowest BCUT2D eigenvalue weighted by Crippen LogP contribution is -2.52. The van der Waals surface area contributed by atoms with Crippen molar-refractivity contribution in [1.82, 2.24) is 9.47 Å². The van der Waals surface area contributed by atoms with Crippen molar-refractivity contribution in [2.45, 2.75) is 71.4 Å². The topological polar surface area (TPSA) is 99.8 Å². The molecule has 1 aromatic heterocycles. The van der Waals surface area contributed by atoms with E-state index in [9.17, 15) is 24.6 Å². The highest BCUT2D eigenvalue weighted by molar-refractivity contribution is 5.93. The van der Waals surface area contributed by atoms with E-state index in [-0.39, 0.29) is 41.6 Å². The number of nitrogens with zero attached hydrogens (tertiary/aromatic N) is 2. The fourth-order valence-corrected chi connectivity index (χ4v) is 4.43. The van der Waals surface area contributed by atoms with Crippen LogP contribution in [0.1, 0.15) is 68.0 Å². The number of pyridine rings is 1. The molecule has 4 atom stereocenters. The third kappa shape index (κ3) is 4.26. The first-order valence-corrected chi connectivity index (χ1v) is 10.8. The largest absolute Gasteiger partial charge is 0.480 e. The minimum Gasteiger partial charge on any atom is -0.480 e. The monoisotopic (exact) mass is 450 g/mol. The second-order valence-corrected chi connectivity index (χ2v) is 8.57. The van der Waals surface area contributed by atoms with E-state index in [1.54, 1.807) is 0 Å². The van der Waals surface area contributed by atoms with Crippen LogP contribution in [0.3, 0.4) is 0 Å². The Bertz CT molecular complexity index is 1100. The zero-order valence-electron chi connectivity index (χ0n) is 18.3. The van der Waals surface area contributed by atoms with Gasteiger partial charge in [0.15, 0.2) is 12.1 Å². The lowest BCUT2D eigenvalue weighted by atomic mass is 9.94. The number of aryl methyl sites for hydroxylation is 1. The molecule has 9 heteroatoms. The zero-order valence-corrected chi connectivity index (χ0v) is 18.3. The Hall–Kier alpha value is -2.81. The molecule has 1 aliphatic rings. The van der Waals surface area contributed by atoms with Gasteiger partial charge in [-0.2, -0.15) is 0 Å². The van der Waals surface area contributed by atoms with Crippen LogP contribution >= 0.6 is 0 Å². The number of fused-ring (bicyclic) bond motifs is 1. The van der Waals surface area contributed by atoms with E-state index >= 15 is 8.78 Å². The van der Waals surface area contributed by atoms with Gasteiger partial charge in [0.05, 0.1) is 11.7 Å². The fraction of sp³-hybridized carbons (Fsp3) is 0.522. The van der Waals surface area contributed by atoms with Crippen molar-refractivity contribution in [3.8, 4) is 0 Å². The normalized spacial score (nSPS) is 21.4. The van der Waals surface area contributed by atoms with E-state index in [4.69, 9.17) is 0 Å². The molecule has 4 unspecified atom stereocenters. The van der Waals surface area contributed by atoms with E-state index in [1.165, 1.54) is 28.5 Å². The van der Waals surface area contributed by atoms with Gasteiger partial charge < -0.3 is 14.8 Å². The van der Waals surface area contributed by atoms with Crippen LogP contribution in [0.4, 0.5) is 8.78 Å². The molecular weight excluding hydrogens is 422 g/mol. The number of rotatable bonds is 7. The van der Waals surface area contributed by atoms with Crippen molar-refractivity contribution in [3.63, 3.8) is 0 Å². The molecule has 1 fully saturated rings. The van der Waals surface area contributed by atoms with Gasteiger partial charge in [-0.3, -0.25) is 9.59 Å². The van der Waals surface area contributed by atoms with Crippen molar-refractivity contribution in [3.05, 3.63) is 45.5 Å². The number of aromatic carboxylic acids is 1. The van der Waals surface area contributed by atoms with E-state index in [0.29, 0.717) is 12.8 Å². The third-order valence-electron chi connectivity index (χ3n) is 6.42. The summed E-state index contributed by atoms with van der Waals surface area (Å²) in [5.41, 5.74) is -1.31. The zero-order chi connectivity index (χ0) is 23.7. The molecule has 0 amide bonds. The second-order valence-electron chi connectivity index (χ2n) is 8.57. The Kier molecular flexibility index (Phi) is 6.97. The summed E-state index contributed by atoms with van der Waals surface area (Å²) in [6.07, 6.45) is 0.164. The molecule has 2 N–H and O–H groups in total. The van der Waals surface area contributed by atoms with E-state index in [1.807, 2.05) is 13.8 Å². The summed E-state index contributed by atoms with van der Waals surface area (Å²) in [6, 6.07) is 1.56. The minimum atomic E-state index is -1.60. The molecule has 1 aliphatic heterocycles. The Morgan fingerprint density at radius 2 is 1.94 bits per heavy atom. The maximum Gasteiger partial charge on any atom is 0.341 e. The molecule has 3 rings (SSSR count). The van der Waals surface area contributed by atoms with E-state index in [2.05, 4.69) is 0 Å². The van der Waals surface area contributed by atoms with Gasteiger partial charge in [-0.05, 0) is 50.2 Å². The predicted octanol–water partition coefficient (Wildman–Crippen LogP) is 4.32. The predicted molar refractivity (Wildman–Crippen MR) is 115 cm³/mol. The quantitative estimate of drug-likeness (QED) is 0.610. The van der Waals surface area contributed by atoms with Crippen LogP contribution in [0, 0.1) is 18.7 Å². The van der Waals surface area contributed by atoms with Gasteiger partial charge in [0.2, 0.25) is 5.43 Å². The van der Waals surface area contributed by atoms with Crippen LogP contribution in [0.5, 0.6) is 0 Å². The Morgan fingerprint density at radius 1 is 1.25 bits per heavy atom. The minimum absolute atomic E-state index is 0.00481. The number of alkyl halides is 1. The Balaban J connectivity index is 2.29. The Labute approximate surface area is 184 Å². The molecule has 7 nitrogen and oxygen atoms in total. The fourth-order valence-electron chi connectivity index (χ4n) is 4.43. The van der Waals surface area contributed by atoms with Crippen molar-refractivity contribution in [2.24, 2.45) is 5.92 Å². The molecule has 1 saturated heterocycles. The number of likely N-dealkylation sites (tertiary alicyclic amines) is 1. The first-order valence-electron chi connectivity index (χ1n) is 10.8. The molecule has 2 heterocycles. The molecule has 32 heavy (non-hydrogen) atoms. The lowest BCUT2D eigenvalue weighted by Gasteiger charge is -2.43. The molecule has 0 radical (unpaired) electrons. The smallest absolute Gasteiger partial charge is 0.341 e. The number of aromatic nitrogens is 1. The maximum atomic E-state index is 15.2. The summed E-state index contributed by atoms with van der Waals surface area (Å²) in [7, 11) is 0. The molecule has 2 aromatic rings.